The van der Waals surface area contributed by atoms with Crippen molar-refractivity contribution in [1.29, 1.82) is 0 Å². The van der Waals surface area contributed by atoms with Crippen molar-refractivity contribution < 1.29 is 28.5 Å². The molecular formula is C21H44N2O6. The monoisotopic (exact) mass is 420 g/mol. The third-order valence-electron chi connectivity index (χ3n) is 3.92. The lowest BCUT2D eigenvalue weighted by Gasteiger charge is -2.14. The highest BCUT2D eigenvalue weighted by Gasteiger charge is 2.07. The molecule has 0 aromatic rings. The van der Waals surface area contributed by atoms with Gasteiger partial charge in [-0.3, -0.25) is 4.79 Å². The predicted molar refractivity (Wildman–Crippen MR) is 114 cm³/mol. The van der Waals surface area contributed by atoms with Crippen molar-refractivity contribution >= 4 is 5.91 Å². The molecule has 0 aromatic heterocycles. The SMILES string of the molecule is CC(C)NCCOCCOCCOCCOCCOC(C)CCNC(=O)C(C)C. The fraction of sp³-hybridized carbons (Fsp3) is 0.952. The standard InChI is InChI=1S/C21H44N2O6/c1-18(2)21(24)23-7-6-20(5)29-17-16-28-15-14-27-13-12-26-11-10-25-9-8-22-19(3)4/h18-20,22H,6-17H2,1-5H3,(H,23,24). The Balaban J connectivity index is 3.19. The Kier molecular flexibility index (Phi) is 20.0. The Morgan fingerprint density at radius 1 is 0.690 bits per heavy atom. The van der Waals surface area contributed by atoms with Crippen LogP contribution in [0, 0.1) is 5.92 Å². The lowest BCUT2D eigenvalue weighted by atomic mass is 10.2. The third kappa shape index (κ3) is 21.8. The van der Waals surface area contributed by atoms with Crippen LogP contribution < -0.4 is 10.6 Å². The summed E-state index contributed by atoms with van der Waals surface area (Å²) in [5.41, 5.74) is 0. The Bertz CT molecular complexity index is 369. The summed E-state index contributed by atoms with van der Waals surface area (Å²) in [6, 6.07) is 0.488. The van der Waals surface area contributed by atoms with Crippen LogP contribution in [-0.2, 0) is 28.5 Å². The average molecular weight is 421 g/mol. The number of hydrogen-bond donors (Lipinski definition) is 2. The first-order chi connectivity index (χ1) is 13.9. The number of ether oxygens (including phenoxy) is 5. The smallest absolute Gasteiger partial charge is 0.222 e. The van der Waals surface area contributed by atoms with Gasteiger partial charge in [-0.25, -0.2) is 0 Å². The quantitative estimate of drug-likeness (QED) is 0.273. The van der Waals surface area contributed by atoms with Gasteiger partial charge < -0.3 is 34.3 Å². The molecule has 0 saturated carbocycles. The van der Waals surface area contributed by atoms with E-state index in [1.807, 2.05) is 20.8 Å². The molecule has 0 radical (unpaired) electrons. The van der Waals surface area contributed by atoms with Gasteiger partial charge in [0.2, 0.25) is 5.91 Å². The van der Waals surface area contributed by atoms with Gasteiger partial charge in [0.1, 0.15) is 0 Å². The third-order valence-corrected chi connectivity index (χ3v) is 3.92. The molecule has 8 heteroatoms. The van der Waals surface area contributed by atoms with Gasteiger partial charge in [-0.15, -0.1) is 0 Å². The highest BCUT2D eigenvalue weighted by Crippen LogP contribution is 1.97. The molecule has 1 atom stereocenters. The maximum Gasteiger partial charge on any atom is 0.222 e. The lowest BCUT2D eigenvalue weighted by molar-refractivity contribution is -0.124. The molecule has 8 nitrogen and oxygen atoms in total. The first-order valence-electron chi connectivity index (χ1n) is 10.9. The molecule has 0 saturated heterocycles. The second-order valence-electron chi connectivity index (χ2n) is 7.47. The molecule has 29 heavy (non-hydrogen) atoms. The molecule has 0 spiro atoms. The summed E-state index contributed by atoms with van der Waals surface area (Å²) < 4.78 is 27.4. The molecule has 0 heterocycles. The summed E-state index contributed by atoms with van der Waals surface area (Å²) in [7, 11) is 0. The van der Waals surface area contributed by atoms with Crippen LogP contribution in [0.3, 0.4) is 0 Å². The van der Waals surface area contributed by atoms with Gasteiger partial charge in [0.15, 0.2) is 0 Å². The fourth-order valence-corrected chi connectivity index (χ4v) is 2.18. The van der Waals surface area contributed by atoms with Gasteiger partial charge in [-0.2, -0.15) is 0 Å². The summed E-state index contributed by atoms with van der Waals surface area (Å²) in [4.78, 5) is 11.5. The molecular weight excluding hydrogens is 376 g/mol. The number of nitrogens with one attached hydrogen (secondary N) is 2. The molecule has 1 amide bonds. The minimum Gasteiger partial charge on any atom is -0.378 e. The van der Waals surface area contributed by atoms with E-state index in [4.69, 9.17) is 23.7 Å². The first kappa shape index (κ1) is 28.2. The van der Waals surface area contributed by atoms with Crippen molar-refractivity contribution in [1.82, 2.24) is 10.6 Å². The second-order valence-corrected chi connectivity index (χ2v) is 7.47. The van der Waals surface area contributed by atoms with Crippen LogP contribution in [0.1, 0.15) is 41.0 Å². The van der Waals surface area contributed by atoms with E-state index >= 15 is 0 Å². The van der Waals surface area contributed by atoms with Crippen LogP contribution in [0.2, 0.25) is 0 Å². The molecule has 0 aromatic carbocycles. The zero-order valence-corrected chi connectivity index (χ0v) is 19.2. The summed E-state index contributed by atoms with van der Waals surface area (Å²) >= 11 is 0. The maximum absolute atomic E-state index is 11.5. The molecule has 2 N–H and O–H groups in total. The van der Waals surface area contributed by atoms with Crippen molar-refractivity contribution in [2.75, 3.05) is 72.6 Å². The predicted octanol–water partition coefficient (Wildman–Crippen LogP) is 1.62. The highest BCUT2D eigenvalue weighted by atomic mass is 16.6. The van der Waals surface area contributed by atoms with Crippen molar-refractivity contribution in [2.24, 2.45) is 5.92 Å². The van der Waals surface area contributed by atoms with E-state index in [0.29, 0.717) is 72.0 Å². The minimum absolute atomic E-state index is 0.0181. The maximum atomic E-state index is 11.5. The van der Waals surface area contributed by atoms with Crippen molar-refractivity contribution in [3.8, 4) is 0 Å². The summed E-state index contributed by atoms with van der Waals surface area (Å²) in [5.74, 6) is 0.0959. The Labute approximate surface area is 177 Å². The van der Waals surface area contributed by atoms with Crippen LogP contribution in [0.4, 0.5) is 0 Å². The summed E-state index contributed by atoms with van der Waals surface area (Å²) in [5, 5.41) is 6.17. The van der Waals surface area contributed by atoms with Crippen LogP contribution in [0.5, 0.6) is 0 Å². The molecule has 0 aliphatic rings. The van der Waals surface area contributed by atoms with E-state index in [-0.39, 0.29) is 17.9 Å². The normalized spacial score (nSPS) is 12.7. The number of carbonyl (C=O) groups excluding carboxylic acids is 1. The van der Waals surface area contributed by atoms with Crippen LogP contribution in [-0.4, -0.2) is 90.6 Å². The molecule has 0 bridgehead atoms. The zero-order valence-electron chi connectivity index (χ0n) is 19.2. The van der Waals surface area contributed by atoms with Crippen LogP contribution in [0.15, 0.2) is 0 Å². The zero-order chi connectivity index (χ0) is 21.7. The van der Waals surface area contributed by atoms with E-state index in [1.54, 1.807) is 0 Å². The van der Waals surface area contributed by atoms with Gasteiger partial charge in [0.05, 0.1) is 65.6 Å². The van der Waals surface area contributed by atoms with Gasteiger partial charge in [-0.05, 0) is 13.3 Å². The van der Waals surface area contributed by atoms with E-state index in [2.05, 4.69) is 24.5 Å². The first-order valence-corrected chi connectivity index (χ1v) is 10.9. The molecule has 0 rings (SSSR count). The van der Waals surface area contributed by atoms with E-state index in [1.165, 1.54) is 0 Å². The second kappa shape index (κ2) is 20.5. The Hall–Kier alpha value is -0.770. The number of hydrogen-bond acceptors (Lipinski definition) is 7. The number of carbonyl (C=O) groups is 1. The molecule has 0 fully saturated rings. The van der Waals surface area contributed by atoms with E-state index < -0.39 is 0 Å². The van der Waals surface area contributed by atoms with Gasteiger partial charge in [-0.1, -0.05) is 27.7 Å². The van der Waals surface area contributed by atoms with Gasteiger partial charge >= 0.3 is 0 Å². The van der Waals surface area contributed by atoms with E-state index in [9.17, 15) is 4.79 Å². The molecule has 1 unspecified atom stereocenters. The van der Waals surface area contributed by atoms with E-state index in [0.717, 1.165) is 13.0 Å². The Morgan fingerprint density at radius 3 is 1.66 bits per heavy atom. The van der Waals surface area contributed by atoms with Crippen LogP contribution in [0.25, 0.3) is 0 Å². The molecule has 174 valence electrons. The Morgan fingerprint density at radius 2 is 1.17 bits per heavy atom. The van der Waals surface area contributed by atoms with Crippen molar-refractivity contribution in [2.45, 2.75) is 53.2 Å². The lowest BCUT2D eigenvalue weighted by Crippen LogP contribution is -2.30. The minimum atomic E-state index is 0.0181. The number of rotatable bonds is 21. The highest BCUT2D eigenvalue weighted by molar-refractivity contribution is 5.77. The molecule has 0 aliphatic heterocycles. The largest absolute Gasteiger partial charge is 0.378 e. The van der Waals surface area contributed by atoms with Crippen LogP contribution >= 0.6 is 0 Å². The van der Waals surface area contributed by atoms with Gasteiger partial charge in [0, 0.05) is 25.0 Å². The van der Waals surface area contributed by atoms with Gasteiger partial charge in [0.25, 0.3) is 0 Å². The summed E-state index contributed by atoms with van der Waals surface area (Å²) in [6.07, 6.45) is 0.886. The van der Waals surface area contributed by atoms with Crippen molar-refractivity contribution in [3.63, 3.8) is 0 Å². The fourth-order valence-electron chi connectivity index (χ4n) is 2.18. The summed E-state index contributed by atoms with van der Waals surface area (Å²) in [6.45, 7) is 16.6. The number of amides is 1. The topological polar surface area (TPSA) is 87.3 Å². The average Bonchev–Trinajstić information content (AvgIpc) is 2.67. The van der Waals surface area contributed by atoms with Crippen molar-refractivity contribution in [3.05, 3.63) is 0 Å². The molecule has 0 aliphatic carbocycles.